The molecule has 0 unspecified atom stereocenters. The Morgan fingerprint density at radius 1 is 0.773 bits per heavy atom. The first-order chi connectivity index (χ1) is 10.1. The zero-order valence-electron chi connectivity index (χ0n) is 14.7. The molecule has 0 rings (SSSR count). The first kappa shape index (κ1) is 25.1. The largest absolute Gasteiger partial charge is 1.00 e. The number of aliphatic hydroxyl groups excluding tert-OH is 1. The van der Waals surface area contributed by atoms with Gasteiger partial charge >= 0.3 is 29.6 Å². The van der Waals surface area contributed by atoms with Gasteiger partial charge in [-0.3, -0.25) is 4.18 Å². The van der Waals surface area contributed by atoms with E-state index in [4.69, 9.17) is 9.29 Å². The molecule has 0 aliphatic carbocycles. The summed E-state index contributed by atoms with van der Waals surface area (Å²) in [7, 11) is -3.50. The van der Waals surface area contributed by atoms with E-state index in [1.54, 1.807) is 0 Å². The third-order valence-electron chi connectivity index (χ3n) is 3.60. The van der Waals surface area contributed by atoms with Gasteiger partial charge in [-0.25, -0.2) is 0 Å². The van der Waals surface area contributed by atoms with Crippen molar-refractivity contribution in [2.75, 3.05) is 19.0 Å². The molecule has 0 aromatic carbocycles. The number of unbranched alkanes of at least 4 members (excludes halogenated alkanes) is 11. The van der Waals surface area contributed by atoms with Gasteiger partial charge in [0.2, 0.25) is 0 Å². The Bertz CT molecular complexity index is 307. The summed E-state index contributed by atoms with van der Waals surface area (Å²) in [5, 5.41) is 8.55. The minimum atomic E-state index is -3.50. The minimum Gasteiger partial charge on any atom is -0.395 e. The molecule has 0 bridgehead atoms. The minimum absolute atomic E-state index is 0. The maximum atomic E-state index is 11.1. The Labute approximate surface area is 159 Å². The van der Waals surface area contributed by atoms with Gasteiger partial charge in [-0.05, 0) is 6.42 Å². The monoisotopic (exact) mass is 345 g/mol. The zero-order valence-corrected chi connectivity index (χ0v) is 17.5. The van der Waals surface area contributed by atoms with Gasteiger partial charge in [0.1, 0.15) is 0 Å². The fraction of sp³-hybridized carbons (Fsp3) is 1.00. The van der Waals surface area contributed by atoms with Crippen LogP contribution >= 0.6 is 0 Å². The van der Waals surface area contributed by atoms with E-state index in [2.05, 4.69) is 6.92 Å². The van der Waals surface area contributed by atoms with Crippen LogP contribution in [0.3, 0.4) is 0 Å². The van der Waals surface area contributed by atoms with Crippen LogP contribution in [0.25, 0.3) is 0 Å². The molecule has 0 radical (unpaired) electrons. The standard InChI is InChI=1S/C16H34O4S.Na/c1-2-3-4-5-6-7-8-9-10-11-12-13-15-20-21(18,19)16-14-17;/h17H,2-16H2,1H3;/q;+1. The molecule has 0 amide bonds. The van der Waals surface area contributed by atoms with Crippen molar-refractivity contribution in [3.63, 3.8) is 0 Å². The second kappa shape index (κ2) is 18.2. The van der Waals surface area contributed by atoms with Crippen LogP contribution in [0.4, 0.5) is 0 Å². The van der Waals surface area contributed by atoms with Crippen molar-refractivity contribution in [2.45, 2.75) is 84.0 Å². The van der Waals surface area contributed by atoms with Crippen LogP contribution in [-0.2, 0) is 14.3 Å². The molecule has 0 spiro atoms. The summed E-state index contributed by atoms with van der Waals surface area (Å²) in [6.07, 6.45) is 15.0. The molecule has 0 fully saturated rings. The molecular weight excluding hydrogens is 311 g/mol. The molecule has 1 N–H and O–H groups in total. The van der Waals surface area contributed by atoms with Crippen LogP contribution in [0.1, 0.15) is 84.0 Å². The predicted molar refractivity (Wildman–Crippen MR) is 87.9 cm³/mol. The predicted octanol–water partition coefficient (Wildman–Crippen LogP) is 1.03. The Morgan fingerprint density at radius 2 is 1.18 bits per heavy atom. The quantitative estimate of drug-likeness (QED) is 0.258. The van der Waals surface area contributed by atoms with Crippen molar-refractivity contribution in [3.05, 3.63) is 0 Å². The molecule has 0 heterocycles. The van der Waals surface area contributed by atoms with E-state index in [-0.39, 0.29) is 48.5 Å². The fourth-order valence-electron chi connectivity index (χ4n) is 2.30. The Hall–Kier alpha value is 0.870. The van der Waals surface area contributed by atoms with Gasteiger partial charge in [-0.1, -0.05) is 77.6 Å². The summed E-state index contributed by atoms with van der Waals surface area (Å²) in [4.78, 5) is 0. The number of hydrogen-bond acceptors (Lipinski definition) is 4. The van der Waals surface area contributed by atoms with Gasteiger partial charge in [0.15, 0.2) is 0 Å². The van der Waals surface area contributed by atoms with Crippen molar-refractivity contribution in [3.8, 4) is 0 Å². The van der Waals surface area contributed by atoms with Crippen molar-refractivity contribution < 1.29 is 47.3 Å². The molecule has 22 heavy (non-hydrogen) atoms. The van der Waals surface area contributed by atoms with Crippen LogP contribution in [0.5, 0.6) is 0 Å². The van der Waals surface area contributed by atoms with Gasteiger partial charge < -0.3 is 5.11 Å². The Morgan fingerprint density at radius 3 is 1.59 bits per heavy atom. The molecule has 128 valence electrons. The molecular formula is C16H34NaO4S+. The summed E-state index contributed by atoms with van der Waals surface area (Å²) < 4.78 is 27.1. The van der Waals surface area contributed by atoms with Gasteiger partial charge in [0.25, 0.3) is 10.1 Å². The zero-order chi connectivity index (χ0) is 15.8. The van der Waals surface area contributed by atoms with E-state index in [1.165, 1.54) is 57.8 Å². The van der Waals surface area contributed by atoms with Crippen molar-refractivity contribution in [2.24, 2.45) is 0 Å². The summed E-state index contributed by atoms with van der Waals surface area (Å²) in [6, 6.07) is 0. The molecule has 0 atom stereocenters. The third kappa shape index (κ3) is 18.9. The second-order valence-corrected chi connectivity index (χ2v) is 7.46. The van der Waals surface area contributed by atoms with Crippen LogP contribution in [0.15, 0.2) is 0 Å². The number of rotatable bonds is 16. The van der Waals surface area contributed by atoms with E-state index in [0.717, 1.165) is 19.3 Å². The van der Waals surface area contributed by atoms with Crippen LogP contribution in [-0.4, -0.2) is 32.5 Å². The maximum absolute atomic E-state index is 11.1. The molecule has 6 heteroatoms. The van der Waals surface area contributed by atoms with Gasteiger partial charge in [-0.2, -0.15) is 8.42 Å². The van der Waals surface area contributed by atoms with Crippen LogP contribution < -0.4 is 29.6 Å². The molecule has 4 nitrogen and oxygen atoms in total. The molecule has 0 aliphatic rings. The summed E-state index contributed by atoms with van der Waals surface area (Å²) >= 11 is 0. The average molecular weight is 346 g/mol. The van der Waals surface area contributed by atoms with E-state index in [9.17, 15) is 8.42 Å². The maximum Gasteiger partial charge on any atom is 1.00 e. The first-order valence-electron chi connectivity index (χ1n) is 8.60. The topological polar surface area (TPSA) is 63.6 Å². The van der Waals surface area contributed by atoms with Crippen LogP contribution in [0.2, 0.25) is 0 Å². The van der Waals surface area contributed by atoms with E-state index in [0.29, 0.717) is 0 Å². The van der Waals surface area contributed by atoms with E-state index >= 15 is 0 Å². The number of hydrogen-bond donors (Lipinski definition) is 1. The van der Waals surface area contributed by atoms with Crippen molar-refractivity contribution in [1.82, 2.24) is 0 Å². The smallest absolute Gasteiger partial charge is 0.395 e. The molecule has 0 saturated carbocycles. The molecule has 0 aliphatic heterocycles. The first-order valence-corrected chi connectivity index (χ1v) is 10.2. The third-order valence-corrected chi connectivity index (χ3v) is 4.81. The average Bonchev–Trinajstić information content (AvgIpc) is 2.44. The summed E-state index contributed by atoms with van der Waals surface area (Å²) in [5.41, 5.74) is 0. The molecule has 0 saturated heterocycles. The second-order valence-electron chi connectivity index (χ2n) is 5.70. The number of aliphatic hydroxyl groups is 1. The van der Waals surface area contributed by atoms with Gasteiger partial charge in [0.05, 0.1) is 19.0 Å². The van der Waals surface area contributed by atoms with Crippen molar-refractivity contribution >= 4 is 10.1 Å². The SMILES string of the molecule is CCCCCCCCCCCCCCOS(=O)(=O)CCO.[Na+]. The van der Waals surface area contributed by atoms with E-state index < -0.39 is 10.1 Å². The van der Waals surface area contributed by atoms with Gasteiger partial charge in [-0.15, -0.1) is 0 Å². The fourth-order valence-corrected chi connectivity index (χ4v) is 3.01. The Kier molecular flexibility index (Phi) is 20.8. The molecule has 0 aromatic rings. The van der Waals surface area contributed by atoms with Crippen molar-refractivity contribution in [1.29, 1.82) is 0 Å². The van der Waals surface area contributed by atoms with E-state index in [1.807, 2.05) is 0 Å². The summed E-state index contributed by atoms with van der Waals surface area (Å²) in [5.74, 6) is -0.300. The normalized spacial score (nSPS) is 11.4. The van der Waals surface area contributed by atoms with Gasteiger partial charge in [0, 0.05) is 0 Å². The van der Waals surface area contributed by atoms with Crippen LogP contribution in [0, 0.1) is 0 Å². The Balaban J connectivity index is 0. The summed E-state index contributed by atoms with van der Waals surface area (Å²) in [6.45, 7) is 2.12. The molecule has 0 aromatic heterocycles.